The van der Waals surface area contributed by atoms with Crippen molar-refractivity contribution >= 4 is 11.7 Å². The summed E-state index contributed by atoms with van der Waals surface area (Å²) in [6, 6.07) is 13.2. The highest BCUT2D eigenvalue weighted by molar-refractivity contribution is 5.92. The zero-order valence-electron chi connectivity index (χ0n) is 13.5. The highest BCUT2D eigenvalue weighted by Crippen LogP contribution is 2.48. The van der Waals surface area contributed by atoms with E-state index in [9.17, 15) is 9.18 Å². The minimum Gasteiger partial charge on any atom is -0.497 e. The van der Waals surface area contributed by atoms with E-state index in [4.69, 9.17) is 9.57 Å². The van der Waals surface area contributed by atoms with Gasteiger partial charge < -0.3 is 9.57 Å². The van der Waals surface area contributed by atoms with Gasteiger partial charge in [0.05, 0.1) is 18.4 Å². The fourth-order valence-electron chi connectivity index (χ4n) is 2.72. The van der Waals surface area contributed by atoms with E-state index in [0.717, 1.165) is 17.7 Å². The van der Waals surface area contributed by atoms with Crippen LogP contribution in [0.5, 0.6) is 5.75 Å². The van der Waals surface area contributed by atoms with Crippen molar-refractivity contribution in [2.75, 3.05) is 7.11 Å². The third kappa shape index (κ3) is 3.62. The maximum Gasteiger partial charge on any atom is 0.365 e. The van der Waals surface area contributed by atoms with Gasteiger partial charge in [-0.15, -0.1) is 0 Å². The molecular formula is C19H18FNO3. The minimum atomic E-state index is -0.521. The lowest BCUT2D eigenvalue weighted by Crippen LogP contribution is -2.05. The van der Waals surface area contributed by atoms with E-state index in [2.05, 4.69) is 5.16 Å². The molecule has 1 aliphatic rings. The van der Waals surface area contributed by atoms with Crippen molar-refractivity contribution in [3.63, 3.8) is 0 Å². The first-order valence-electron chi connectivity index (χ1n) is 7.74. The third-order valence-electron chi connectivity index (χ3n) is 4.20. The molecule has 0 N–H and O–H groups in total. The van der Waals surface area contributed by atoms with Crippen molar-refractivity contribution < 1.29 is 18.8 Å². The normalized spacial score (nSPS) is 19.7. The second kappa shape index (κ2) is 6.83. The molecule has 1 aliphatic carbocycles. The summed E-state index contributed by atoms with van der Waals surface area (Å²) in [6.45, 7) is 1.84. The van der Waals surface area contributed by atoms with Crippen LogP contribution in [0.3, 0.4) is 0 Å². The molecule has 0 radical (unpaired) electrons. The molecule has 24 heavy (non-hydrogen) atoms. The van der Waals surface area contributed by atoms with Crippen molar-refractivity contribution in [1.82, 2.24) is 0 Å². The average molecular weight is 327 g/mol. The Kier molecular flexibility index (Phi) is 4.60. The zero-order valence-corrected chi connectivity index (χ0v) is 13.5. The summed E-state index contributed by atoms with van der Waals surface area (Å²) in [7, 11) is 1.54. The van der Waals surface area contributed by atoms with Gasteiger partial charge in [-0.3, -0.25) is 0 Å². The maximum atomic E-state index is 13.0. The molecule has 2 aromatic rings. The van der Waals surface area contributed by atoms with Gasteiger partial charge in [0.15, 0.2) is 0 Å². The van der Waals surface area contributed by atoms with Crippen molar-refractivity contribution in [2.24, 2.45) is 11.1 Å². The molecule has 2 aromatic carbocycles. The lowest BCUT2D eigenvalue weighted by atomic mass is 10.1. The summed E-state index contributed by atoms with van der Waals surface area (Å²) in [6.07, 6.45) is 0.928. The molecule has 4 nitrogen and oxygen atoms in total. The van der Waals surface area contributed by atoms with E-state index >= 15 is 0 Å². The number of hydrogen-bond donors (Lipinski definition) is 0. The Hall–Kier alpha value is -2.69. The second-order valence-electron chi connectivity index (χ2n) is 5.84. The Morgan fingerprint density at radius 1 is 1.21 bits per heavy atom. The number of methoxy groups -OCH3 is 1. The number of oxime groups is 1. The molecule has 0 amide bonds. The molecule has 0 saturated heterocycles. The number of nitrogens with zero attached hydrogens (tertiary/aromatic N) is 1. The number of hydrogen-bond acceptors (Lipinski definition) is 4. The maximum absolute atomic E-state index is 13.0. The van der Waals surface area contributed by atoms with Crippen LogP contribution in [-0.2, 0) is 4.84 Å². The Labute approximate surface area is 139 Å². The predicted octanol–water partition coefficient (Wildman–Crippen LogP) is 4.17. The lowest BCUT2D eigenvalue weighted by molar-refractivity contribution is 0.0514. The van der Waals surface area contributed by atoms with Gasteiger partial charge in [-0.25, -0.2) is 9.18 Å². The van der Waals surface area contributed by atoms with Gasteiger partial charge in [0.25, 0.3) is 0 Å². The molecule has 0 spiro atoms. The molecule has 0 aromatic heterocycles. The zero-order chi connectivity index (χ0) is 17.1. The van der Waals surface area contributed by atoms with Gasteiger partial charge in [0.2, 0.25) is 0 Å². The molecule has 0 unspecified atom stereocenters. The van der Waals surface area contributed by atoms with Gasteiger partial charge in [-0.2, -0.15) is 0 Å². The number of rotatable bonds is 5. The van der Waals surface area contributed by atoms with Crippen LogP contribution in [0.15, 0.2) is 53.7 Å². The van der Waals surface area contributed by atoms with E-state index in [1.807, 2.05) is 6.92 Å². The van der Waals surface area contributed by atoms with Crippen LogP contribution in [0.2, 0.25) is 0 Å². The second-order valence-corrected chi connectivity index (χ2v) is 5.84. The molecule has 0 aliphatic heterocycles. The summed E-state index contributed by atoms with van der Waals surface area (Å²) >= 11 is 0. The Morgan fingerprint density at radius 2 is 1.96 bits per heavy atom. The summed E-state index contributed by atoms with van der Waals surface area (Å²) in [5.74, 6) is 0.364. The number of carbonyl (C=O) groups is 1. The first-order valence-corrected chi connectivity index (χ1v) is 7.74. The van der Waals surface area contributed by atoms with Crippen LogP contribution < -0.4 is 4.74 Å². The molecule has 1 saturated carbocycles. The number of benzene rings is 2. The summed E-state index contributed by atoms with van der Waals surface area (Å²) < 4.78 is 18.0. The van der Waals surface area contributed by atoms with Gasteiger partial charge in [0, 0.05) is 5.92 Å². The van der Waals surface area contributed by atoms with Crippen LogP contribution in [-0.4, -0.2) is 18.8 Å². The van der Waals surface area contributed by atoms with E-state index in [-0.39, 0.29) is 11.7 Å². The summed E-state index contributed by atoms with van der Waals surface area (Å²) in [5, 5.41) is 3.96. The van der Waals surface area contributed by atoms with Gasteiger partial charge in [-0.1, -0.05) is 23.4 Å². The van der Waals surface area contributed by atoms with E-state index < -0.39 is 5.97 Å². The largest absolute Gasteiger partial charge is 0.497 e. The van der Waals surface area contributed by atoms with Crippen molar-refractivity contribution in [3.8, 4) is 5.75 Å². The predicted molar refractivity (Wildman–Crippen MR) is 88.8 cm³/mol. The Morgan fingerprint density at radius 3 is 2.67 bits per heavy atom. The monoisotopic (exact) mass is 327 g/mol. The average Bonchev–Trinajstić information content (AvgIpc) is 3.41. The Bertz CT molecular complexity index is 770. The summed E-state index contributed by atoms with van der Waals surface area (Å²) in [4.78, 5) is 17.1. The smallest absolute Gasteiger partial charge is 0.365 e. The van der Waals surface area contributed by atoms with E-state index in [1.165, 1.54) is 19.2 Å². The third-order valence-corrected chi connectivity index (χ3v) is 4.20. The van der Waals surface area contributed by atoms with Crippen LogP contribution in [0.4, 0.5) is 4.39 Å². The lowest BCUT2D eigenvalue weighted by Gasteiger charge is -2.03. The molecule has 0 bridgehead atoms. The molecule has 124 valence electrons. The Balaban J connectivity index is 1.60. The molecule has 5 heteroatoms. The molecule has 3 rings (SSSR count). The first kappa shape index (κ1) is 16.2. The SMILES string of the molecule is COc1cccc(C(=O)ON=C(C)[C@H]2C[C@H]2c2ccc(F)cc2)c1. The highest BCUT2D eigenvalue weighted by Gasteiger charge is 2.40. The minimum absolute atomic E-state index is 0.230. The fourth-order valence-corrected chi connectivity index (χ4v) is 2.72. The fraction of sp³-hybridized carbons (Fsp3) is 0.263. The van der Waals surface area contributed by atoms with Gasteiger partial charge >= 0.3 is 5.97 Å². The van der Waals surface area contributed by atoms with E-state index in [0.29, 0.717) is 17.2 Å². The van der Waals surface area contributed by atoms with Crippen LogP contribution >= 0.6 is 0 Å². The number of carbonyl (C=O) groups excluding carboxylic acids is 1. The molecular weight excluding hydrogens is 309 g/mol. The highest BCUT2D eigenvalue weighted by atomic mass is 19.1. The first-order chi connectivity index (χ1) is 11.6. The molecule has 2 atom stereocenters. The number of halogens is 1. The van der Waals surface area contributed by atoms with Crippen LogP contribution in [0, 0.1) is 11.7 Å². The quantitative estimate of drug-likeness (QED) is 0.470. The molecule has 0 heterocycles. The standard InChI is InChI=1S/C19H18FNO3/c1-12(17-11-18(17)13-6-8-15(20)9-7-13)21-24-19(22)14-4-3-5-16(10-14)23-2/h3-10,17-18H,11H2,1-2H3/t17-,18+/m1/s1. The van der Waals surface area contributed by atoms with Crippen molar-refractivity contribution in [1.29, 1.82) is 0 Å². The molecule has 1 fully saturated rings. The van der Waals surface area contributed by atoms with Crippen molar-refractivity contribution in [3.05, 3.63) is 65.5 Å². The topological polar surface area (TPSA) is 47.9 Å². The van der Waals surface area contributed by atoms with Crippen molar-refractivity contribution in [2.45, 2.75) is 19.3 Å². The van der Waals surface area contributed by atoms with Gasteiger partial charge in [-0.05, 0) is 55.2 Å². The van der Waals surface area contributed by atoms with E-state index in [1.54, 1.807) is 36.4 Å². The summed E-state index contributed by atoms with van der Waals surface area (Å²) in [5.41, 5.74) is 2.23. The van der Waals surface area contributed by atoms with Gasteiger partial charge in [0.1, 0.15) is 11.6 Å². The van der Waals surface area contributed by atoms with Crippen LogP contribution in [0.1, 0.15) is 35.2 Å². The van der Waals surface area contributed by atoms with Crippen LogP contribution in [0.25, 0.3) is 0 Å². The number of ether oxygens (including phenoxy) is 1.